The molecule has 0 amide bonds. The SMILES string of the molecule is CC(NS(=O)(=O)c1ccc(-c2c(C#N)c3cc(C(F)F)ccc3n2C2CCCC2)nc1)C(F)(F)F. The summed E-state index contributed by atoms with van der Waals surface area (Å²) in [4.78, 5) is 3.68. The molecule has 1 saturated carbocycles. The number of sulfonamides is 1. The average molecular weight is 513 g/mol. The summed E-state index contributed by atoms with van der Waals surface area (Å²) in [5.41, 5.74) is 1.06. The molecule has 0 radical (unpaired) electrons. The summed E-state index contributed by atoms with van der Waals surface area (Å²) >= 11 is 0. The van der Waals surface area contributed by atoms with E-state index in [0.717, 1.165) is 37.9 Å². The van der Waals surface area contributed by atoms with Crippen LogP contribution in [0.1, 0.15) is 56.2 Å². The molecule has 1 aliphatic rings. The smallest absolute Gasteiger partial charge is 0.335 e. The minimum atomic E-state index is -4.76. The Bertz CT molecular complexity index is 1390. The predicted octanol–water partition coefficient (Wildman–Crippen LogP) is 5.86. The molecule has 0 saturated heterocycles. The van der Waals surface area contributed by atoms with Crippen LogP contribution in [0.5, 0.6) is 0 Å². The number of fused-ring (bicyclic) bond motifs is 1. The molecule has 6 nitrogen and oxygen atoms in total. The van der Waals surface area contributed by atoms with Crippen molar-refractivity contribution in [3.63, 3.8) is 0 Å². The number of pyridine rings is 1. The maximum absolute atomic E-state index is 13.3. The van der Waals surface area contributed by atoms with Crippen molar-refractivity contribution >= 4 is 20.9 Å². The highest BCUT2D eigenvalue weighted by Crippen LogP contribution is 2.41. The van der Waals surface area contributed by atoms with Crippen molar-refractivity contribution in [2.45, 2.75) is 62.2 Å². The molecule has 1 N–H and O–H groups in total. The molecule has 0 bridgehead atoms. The van der Waals surface area contributed by atoms with Gasteiger partial charge >= 0.3 is 6.18 Å². The van der Waals surface area contributed by atoms with Crippen LogP contribution < -0.4 is 4.72 Å². The Balaban J connectivity index is 1.83. The molecular formula is C23H21F5N4O2S. The average Bonchev–Trinajstić information content (AvgIpc) is 3.43. The number of hydrogen-bond acceptors (Lipinski definition) is 4. The molecule has 35 heavy (non-hydrogen) atoms. The molecule has 3 aromatic rings. The summed E-state index contributed by atoms with van der Waals surface area (Å²) in [5, 5.41) is 10.3. The van der Waals surface area contributed by atoms with E-state index in [9.17, 15) is 35.6 Å². The van der Waals surface area contributed by atoms with E-state index in [-0.39, 0.29) is 22.9 Å². The number of hydrogen-bond donors (Lipinski definition) is 1. The Kier molecular flexibility index (Phi) is 6.59. The van der Waals surface area contributed by atoms with E-state index >= 15 is 0 Å². The van der Waals surface area contributed by atoms with Crippen LogP contribution in [0.3, 0.4) is 0 Å². The first-order valence-corrected chi connectivity index (χ1v) is 12.3. The lowest BCUT2D eigenvalue weighted by atomic mass is 10.1. The van der Waals surface area contributed by atoms with Gasteiger partial charge in [0.05, 0.1) is 22.5 Å². The Labute approximate surface area is 198 Å². The van der Waals surface area contributed by atoms with Crippen LogP contribution in [0, 0.1) is 11.3 Å². The number of halogens is 5. The fourth-order valence-corrected chi connectivity index (χ4v) is 5.60. The monoisotopic (exact) mass is 512 g/mol. The van der Waals surface area contributed by atoms with Gasteiger partial charge in [0.25, 0.3) is 6.43 Å². The van der Waals surface area contributed by atoms with Gasteiger partial charge in [0.15, 0.2) is 0 Å². The van der Waals surface area contributed by atoms with Crippen molar-refractivity contribution in [1.82, 2.24) is 14.3 Å². The molecule has 1 aliphatic carbocycles. The van der Waals surface area contributed by atoms with Crippen molar-refractivity contribution < 1.29 is 30.4 Å². The fourth-order valence-electron chi connectivity index (χ4n) is 4.42. The van der Waals surface area contributed by atoms with E-state index in [4.69, 9.17) is 0 Å². The highest BCUT2D eigenvalue weighted by atomic mass is 32.2. The molecule has 12 heteroatoms. The number of benzene rings is 1. The maximum atomic E-state index is 13.3. The zero-order chi connectivity index (χ0) is 25.5. The van der Waals surface area contributed by atoms with Gasteiger partial charge in [0, 0.05) is 23.2 Å². The van der Waals surface area contributed by atoms with Gasteiger partial charge in [0.1, 0.15) is 17.0 Å². The van der Waals surface area contributed by atoms with Crippen molar-refractivity contribution in [1.29, 1.82) is 5.26 Å². The first-order chi connectivity index (χ1) is 16.4. The normalized spacial score (nSPS) is 16.2. The van der Waals surface area contributed by atoms with Gasteiger partial charge in [-0.15, -0.1) is 0 Å². The molecule has 1 unspecified atom stereocenters. The molecule has 2 heterocycles. The molecule has 1 atom stereocenters. The third kappa shape index (κ3) is 4.75. The van der Waals surface area contributed by atoms with Crippen molar-refractivity contribution in [2.75, 3.05) is 0 Å². The van der Waals surface area contributed by atoms with Gasteiger partial charge in [-0.25, -0.2) is 17.2 Å². The minimum Gasteiger partial charge on any atom is -0.335 e. The second-order valence-corrected chi connectivity index (χ2v) is 10.2. The van der Waals surface area contributed by atoms with Crippen LogP contribution in [0.4, 0.5) is 22.0 Å². The van der Waals surface area contributed by atoms with E-state index in [0.29, 0.717) is 23.5 Å². The summed E-state index contributed by atoms with van der Waals surface area (Å²) in [6.45, 7) is 0.687. The zero-order valence-corrected chi connectivity index (χ0v) is 19.3. The lowest BCUT2D eigenvalue weighted by Crippen LogP contribution is -2.42. The van der Waals surface area contributed by atoms with Crippen LogP contribution in [0.2, 0.25) is 0 Å². The second-order valence-electron chi connectivity index (χ2n) is 8.48. The number of nitrogens with zero attached hydrogens (tertiary/aromatic N) is 3. The number of alkyl halides is 5. The first-order valence-electron chi connectivity index (χ1n) is 10.9. The van der Waals surface area contributed by atoms with Gasteiger partial charge in [-0.1, -0.05) is 18.9 Å². The van der Waals surface area contributed by atoms with Gasteiger partial charge in [-0.05, 0) is 44.0 Å². The molecular weight excluding hydrogens is 491 g/mol. The lowest BCUT2D eigenvalue weighted by Gasteiger charge is -2.19. The molecule has 0 spiro atoms. The van der Waals surface area contributed by atoms with Gasteiger partial charge < -0.3 is 4.57 Å². The Morgan fingerprint density at radius 3 is 2.40 bits per heavy atom. The molecule has 2 aromatic heterocycles. The largest absolute Gasteiger partial charge is 0.404 e. The molecule has 1 aromatic carbocycles. The minimum absolute atomic E-state index is 0.00786. The quantitative estimate of drug-likeness (QED) is 0.420. The van der Waals surface area contributed by atoms with Gasteiger partial charge in [0.2, 0.25) is 10.0 Å². The van der Waals surface area contributed by atoms with Gasteiger partial charge in [-0.2, -0.15) is 23.2 Å². The van der Waals surface area contributed by atoms with E-state index in [1.54, 1.807) is 10.8 Å². The van der Waals surface area contributed by atoms with E-state index < -0.39 is 33.6 Å². The van der Waals surface area contributed by atoms with Crippen LogP contribution in [-0.4, -0.2) is 30.2 Å². The number of aromatic nitrogens is 2. The highest BCUT2D eigenvalue weighted by molar-refractivity contribution is 7.89. The van der Waals surface area contributed by atoms with Crippen molar-refractivity contribution in [2.24, 2.45) is 0 Å². The molecule has 0 aliphatic heterocycles. The summed E-state index contributed by atoms with van der Waals surface area (Å²) in [5.74, 6) is 0. The van der Waals surface area contributed by atoms with Gasteiger partial charge in [-0.3, -0.25) is 4.98 Å². The molecule has 186 valence electrons. The molecule has 4 rings (SSSR count). The molecule has 1 fully saturated rings. The highest BCUT2D eigenvalue weighted by Gasteiger charge is 2.39. The standard InChI is InChI=1S/C23H21F5N4O2S/c1-13(23(26,27)28)31-35(33,34)16-7-8-19(30-12-16)21-18(11-29)17-10-14(22(24)25)6-9-20(17)32(21)15-4-2-3-5-15/h6-10,12-13,15,22,31H,2-5H2,1H3. The zero-order valence-electron chi connectivity index (χ0n) is 18.5. The number of nitriles is 1. The van der Waals surface area contributed by atoms with E-state index in [1.165, 1.54) is 18.2 Å². The summed E-state index contributed by atoms with van der Waals surface area (Å²) in [6, 6.07) is 6.30. The fraction of sp³-hybridized carbons (Fsp3) is 0.391. The number of rotatable bonds is 6. The van der Waals surface area contributed by atoms with E-state index in [2.05, 4.69) is 11.1 Å². The predicted molar refractivity (Wildman–Crippen MR) is 118 cm³/mol. The third-order valence-corrected chi connectivity index (χ3v) is 7.72. The third-order valence-electron chi connectivity index (χ3n) is 6.19. The van der Waals surface area contributed by atoms with Crippen LogP contribution in [0.15, 0.2) is 41.4 Å². The van der Waals surface area contributed by atoms with E-state index in [1.807, 2.05) is 4.57 Å². The Morgan fingerprint density at radius 1 is 1.17 bits per heavy atom. The summed E-state index contributed by atoms with van der Waals surface area (Å²) < 4.78 is 93.4. The second kappa shape index (κ2) is 9.20. The van der Waals surface area contributed by atoms with Crippen molar-refractivity contribution in [3.8, 4) is 17.5 Å². The summed E-state index contributed by atoms with van der Waals surface area (Å²) in [6.07, 6.45) is -3.04. The van der Waals surface area contributed by atoms with Crippen LogP contribution in [0.25, 0.3) is 22.3 Å². The maximum Gasteiger partial charge on any atom is 0.404 e. The Hall–Kier alpha value is -3.04. The van der Waals surface area contributed by atoms with Crippen LogP contribution >= 0.6 is 0 Å². The van der Waals surface area contributed by atoms with Crippen molar-refractivity contribution in [3.05, 3.63) is 47.7 Å². The van der Waals surface area contributed by atoms with Crippen LogP contribution in [-0.2, 0) is 10.0 Å². The Morgan fingerprint density at radius 2 is 1.86 bits per heavy atom. The summed E-state index contributed by atoms with van der Waals surface area (Å²) in [7, 11) is -4.51. The number of nitrogens with one attached hydrogen (secondary N) is 1. The first kappa shape index (κ1) is 25.1. The lowest BCUT2D eigenvalue weighted by molar-refractivity contribution is -0.147. The topological polar surface area (TPSA) is 87.8 Å².